The first-order valence-corrected chi connectivity index (χ1v) is 10.9. The van der Waals surface area contributed by atoms with E-state index in [0.717, 1.165) is 19.3 Å². The minimum absolute atomic E-state index is 0.0457. The van der Waals surface area contributed by atoms with Gasteiger partial charge in [-0.1, -0.05) is 44.6 Å². The summed E-state index contributed by atoms with van der Waals surface area (Å²) in [5, 5.41) is 20.6. The summed E-state index contributed by atoms with van der Waals surface area (Å²) in [6.07, 6.45) is 13.4. The first-order valence-electron chi connectivity index (χ1n) is 10.9. The number of hydrogen-bond donors (Lipinski definition) is 3. The van der Waals surface area contributed by atoms with E-state index >= 15 is 0 Å². The molecule has 0 radical (unpaired) electrons. The lowest BCUT2D eigenvalue weighted by molar-refractivity contribution is 0.0687. The van der Waals surface area contributed by atoms with Crippen molar-refractivity contribution in [1.29, 1.82) is 0 Å². The number of allylic oxidation sites excluding steroid dienone is 3. The van der Waals surface area contributed by atoms with Gasteiger partial charge in [0.1, 0.15) is 11.3 Å². The zero-order valence-corrected chi connectivity index (χ0v) is 17.2. The predicted octanol–water partition coefficient (Wildman–Crippen LogP) is 3.93. The van der Waals surface area contributed by atoms with E-state index in [2.05, 4.69) is 24.1 Å². The summed E-state index contributed by atoms with van der Waals surface area (Å²) in [6, 6.07) is 0. The largest absolute Gasteiger partial charge is 0.507 e. The number of fused-ring (bicyclic) bond motifs is 1. The molecule has 0 spiro atoms. The number of aromatic nitrogens is 1. The van der Waals surface area contributed by atoms with Gasteiger partial charge in [0.25, 0.3) is 5.56 Å². The van der Waals surface area contributed by atoms with Gasteiger partial charge >= 0.3 is 0 Å². The maximum absolute atomic E-state index is 13.6. The van der Waals surface area contributed by atoms with Gasteiger partial charge in [-0.2, -0.15) is 0 Å². The molecular weight excluding hydrogens is 366 g/mol. The summed E-state index contributed by atoms with van der Waals surface area (Å²) in [5.74, 6) is 0.487. The van der Waals surface area contributed by atoms with E-state index in [-0.39, 0.29) is 40.8 Å². The Morgan fingerprint density at radius 3 is 2.59 bits per heavy atom. The topological polar surface area (TPSA) is 90.4 Å². The van der Waals surface area contributed by atoms with E-state index in [1.165, 1.54) is 6.20 Å². The standard InChI is InChI=1S/C24H31NO4/c1-13-3-10-18-16(11-13)5-4-14(2)20(18)23(28)21-22(27)19(12-25-24(21)29)15-6-8-17(26)9-7-15/h4-6,8,12-18,20,26H,3,7,9-11H2,1-2H3,(H2,25,27,29)/t13-,14-,15-,16-,17-,18-,20-/m0/s1. The number of pyridine rings is 1. The molecule has 3 aliphatic rings. The van der Waals surface area contributed by atoms with E-state index in [4.69, 9.17) is 0 Å². The van der Waals surface area contributed by atoms with Crippen LogP contribution in [0.25, 0.3) is 0 Å². The van der Waals surface area contributed by atoms with Crippen molar-refractivity contribution in [2.75, 3.05) is 0 Å². The number of Topliss-reactive ketones (excluding diaryl/α,β-unsaturated/α-hetero) is 1. The number of carbonyl (C=O) groups is 1. The highest BCUT2D eigenvalue weighted by molar-refractivity contribution is 6.00. The van der Waals surface area contributed by atoms with Crippen molar-refractivity contribution in [3.63, 3.8) is 0 Å². The fourth-order valence-electron chi connectivity index (χ4n) is 5.65. The normalized spacial score (nSPS) is 36.6. The van der Waals surface area contributed by atoms with Gasteiger partial charge in [0.15, 0.2) is 5.78 Å². The number of rotatable bonds is 3. The van der Waals surface area contributed by atoms with E-state index < -0.39 is 11.7 Å². The minimum atomic E-state index is -0.515. The van der Waals surface area contributed by atoms with Crippen molar-refractivity contribution in [1.82, 2.24) is 4.98 Å². The zero-order chi connectivity index (χ0) is 20.7. The first-order chi connectivity index (χ1) is 13.9. The lowest BCUT2D eigenvalue weighted by Gasteiger charge is -2.42. The van der Waals surface area contributed by atoms with Crippen LogP contribution in [-0.2, 0) is 0 Å². The molecule has 156 valence electrons. The average Bonchev–Trinajstić information content (AvgIpc) is 2.69. The molecule has 7 atom stereocenters. The summed E-state index contributed by atoms with van der Waals surface area (Å²) in [6.45, 7) is 4.29. The average molecular weight is 398 g/mol. The Labute approximate surface area is 171 Å². The second-order valence-corrected chi connectivity index (χ2v) is 9.31. The van der Waals surface area contributed by atoms with Crippen LogP contribution in [0.3, 0.4) is 0 Å². The van der Waals surface area contributed by atoms with E-state index in [1.54, 1.807) is 6.08 Å². The molecule has 5 nitrogen and oxygen atoms in total. The van der Waals surface area contributed by atoms with Crippen molar-refractivity contribution < 1.29 is 15.0 Å². The van der Waals surface area contributed by atoms with Crippen molar-refractivity contribution in [3.05, 3.63) is 52.0 Å². The molecule has 1 aromatic rings. The van der Waals surface area contributed by atoms with Crippen LogP contribution < -0.4 is 5.56 Å². The SMILES string of the molecule is C[C@H]1CC[C@@H]2[C@@H](C(=O)c3c(O)c([C@H]4C=C[C@H](O)CC4)c[nH]c3=O)[C@@H](C)C=C[C@H]2C1. The summed E-state index contributed by atoms with van der Waals surface area (Å²) in [7, 11) is 0. The molecule has 0 aliphatic heterocycles. The maximum atomic E-state index is 13.6. The van der Waals surface area contributed by atoms with Crippen molar-refractivity contribution in [2.45, 2.75) is 58.0 Å². The Kier molecular flexibility index (Phi) is 5.52. The third-order valence-corrected chi connectivity index (χ3v) is 7.29. The lowest BCUT2D eigenvalue weighted by atomic mass is 9.61. The van der Waals surface area contributed by atoms with Gasteiger partial charge in [-0.25, -0.2) is 0 Å². The highest BCUT2D eigenvalue weighted by Crippen LogP contribution is 2.46. The Morgan fingerprint density at radius 1 is 1.07 bits per heavy atom. The Balaban J connectivity index is 1.70. The van der Waals surface area contributed by atoms with E-state index in [1.807, 2.05) is 13.0 Å². The van der Waals surface area contributed by atoms with Crippen molar-refractivity contribution >= 4 is 5.78 Å². The number of aromatic amines is 1. The van der Waals surface area contributed by atoms with Crippen molar-refractivity contribution in [2.24, 2.45) is 29.6 Å². The predicted molar refractivity (Wildman–Crippen MR) is 112 cm³/mol. The fraction of sp³-hybridized carbons (Fsp3) is 0.583. The Bertz CT molecular complexity index is 899. The first kappa shape index (κ1) is 20.1. The molecule has 29 heavy (non-hydrogen) atoms. The van der Waals surface area contributed by atoms with Gasteiger partial charge in [-0.05, 0) is 49.4 Å². The van der Waals surface area contributed by atoms with Crippen LogP contribution >= 0.6 is 0 Å². The molecule has 1 saturated carbocycles. The van der Waals surface area contributed by atoms with Crippen molar-refractivity contribution in [3.8, 4) is 5.75 Å². The van der Waals surface area contributed by atoms with Crippen LogP contribution in [0, 0.1) is 29.6 Å². The van der Waals surface area contributed by atoms with Gasteiger partial charge in [-0.15, -0.1) is 0 Å². The molecule has 1 heterocycles. The Morgan fingerprint density at radius 2 is 1.86 bits per heavy atom. The van der Waals surface area contributed by atoms with E-state index in [0.29, 0.717) is 30.2 Å². The molecule has 0 amide bonds. The lowest BCUT2D eigenvalue weighted by Crippen LogP contribution is -2.40. The number of aliphatic hydroxyl groups excluding tert-OH is 1. The molecular formula is C24H31NO4. The summed E-state index contributed by atoms with van der Waals surface area (Å²) < 4.78 is 0. The number of carbonyl (C=O) groups excluding carboxylic acids is 1. The Hall–Kier alpha value is -2.14. The van der Waals surface area contributed by atoms with Gasteiger partial charge in [0.2, 0.25) is 0 Å². The number of H-pyrrole nitrogens is 1. The highest BCUT2D eigenvalue weighted by atomic mass is 16.3. The number of ketones is 1. The van der Waals surface area contributed by atoms with Gasteiger partial charge in [0.05, 0.1) is 6.10 Å². The fourth-order valence-corrected chi connectivity index (χ4v) is 5.65. The molecule has 0 unspecified atom stereocenters. The van der Waals surface area contributed by atoms with Crippen LogP contribution in [-0.4, -0.2) is 27.1 Å². The second-order valence-electron chi connectivity index (χ2n) is 9.31. The van der Waals surface area contributed by atoms with Crippen LogP contribution in [0.4, 0.5) is 0 Å². The molecule has 3 aliphatic carbocycles. The molecule has 0 aromatic carbocycles. The maximum Gasteiger partial charge on any atom is 0.262 e. The monoisotopic (exact) mass is 397 g/mol. The third kappa shape index (κ3) is 3.73. The highest BCUT2D eigenvalue weighted by Gasteiger charge is 2.43. The van der Waals surface area contributed by atoms with Crippen LogP contribution in [0.1, 0.15) is 67.8 Å². The van der Waals surface area contributed by atoms with E-state index in [9.17, 15) is 19.8 Å². The van der Waals surface area contributed by atoms with Crippen LogP contribution in [0.15, 0.2) is 35.3 Å². The molecule has 1 aromatic heterocycles. The molecule has 3 N–H and O–H groups in total. The van der Waals surface area contributed by atoms with Gasteiger partial charge in [0, 0.05) is 23.6 Å². The van der Waals surface area contributed by atoms with Gasteiger partial charge < -0.3 is 15.2 Å². The second kappa shape index (κ2) is 7.94. The third-order valence-electron chi connectivity index (χ3n) is 7.29. The zero-order valence-electron chi connectivity index (χ0n) is 17.2. The van der Waals surface area contributed by atoms with Gasteiger partial charge in [-0.3, -0.25) is 9.59 Å². The number of nitrogens with one attached hydrogen (secondary N) is 1. The molecule has 5 heteroatoms. The number of aliphatic hydroxyl groups is 1. The molecule has 4 rings (SSSR count). The summed E-state index contributed by atoms with van der Waals surface area (Å²) >= 11 is 0. The smallest absolute Gasteiger partial charge is 0.262 e. The molecule has 0 saturated heterocycles. The van der Waals surface area contributed by atoms with Crippen LogP contribution in [0.2, 0.25) is 0 Å². The molecule has 0 bridgehead atoms. The number of hydrogen-bond acceptors (Lipinski definition) is 4. The quantitative estimate of drug-likeness (QED) is 0.532. The van der Waals surface area contributed by atoms with Crippen LogP contribution in [0.5, 0.6) is 5.75 Å². The summed E-state index contributed by atoms with van der Waals surface area (Å²) in [5.41, 5.74) is -0.0472. The minimum Gasteiger partial charge on any atom is -0.507 e. The number of aromatic hydroxyl groups is 1. The molecule has 1 fully saturated rings. The summed E-state index contributed by atoms with van der Waals surface area (Å²) in [4.78, 5) is 28.9.